The monoisotopic (exact) mass is 1610 g/mol. The van der Waals surface area contributed by atoms with Gasteiger partial charge in [0.25, 0.3) is 17.7 Å². The Kier molecular flexibility index (Phi) is 26.2. The highest BCUT2D eigenvalue weighted by Gasteiger charge is 2.27. The minimum absolute atomic E-state index is 0.0278. The van der Waals surface area contributed by atoms with E-state index in [-0.39, 0.29) is 48.4 Å². The first-order valence-corrected chi connectivity index (χ1v) is 35.9. The molecule has 19 nitrogen and oxygen atoms in total. The van der Waals surface area contributed by atoms with Crippen LogP contribution in [0.15, 0.2) is 228 Å². The number of carbonyl (C=O) groups excluding carboxylic acids is 3. The molecule has 110 heavy (non-hydrogen) atoms. The number of nitrogens with zero attached hydrogens (tertiary/aromatic N) is 15. The third kappa shape index (κ3) is 21.6. The molecule has 0 spiro atoms. The minimum atomic E-state index is -3.29. The zero-order valence-electron chi connectivity index (χ0n) is 59.2. The molecule has 0 fully saturated rings. The quantitative estimate of drug-likeness (QED) is 0.0405. The Morgan fingerprint density at radius 1 is 0.527 bits per heavy atom. The molecule has 0 atom stereocenters. The van der Waals surface area contributed by atoms with Gasteiger partial charge >= 0.3 is 0 Å². The van der Waals surface area contributed by atoms with Crippen molar-refractivity contribution in [1.29, 1.82) is 15.8 Å². The van der Waals surface area contributed by atoms with Crippen LogP contribution in [-0.2, 0) is 75.9 Å². The van der Waals surface area contributed by atoms with Crippen molar-refractivity contribution in [3.05, 3.63) is 352 Å². The van der Waals surface area contributed by atoms with E-state index in [4.69, 9.17) is 20.5 Å². The van der Waals surface area contributed by atoms with Crippen LogP contribution in [0.5, 0.6) is 5.75 Å². The highest BCUT2D eigenvalue weighted by molar-refractivity contribution is 9.10. The second-order valence-electron chi connectivity index (χ2n) is 25.7. The van der Waals surface area contributed by atoms with Crippen molar-refractivity contribution in [3.63, 3.8) is 0 Å². The summed E-state index contributed by atoms with van der Waals surface area (Å²) < 4.78 is 96.0. The molecule has 27 heteroatoms. The molecule has 0 N–H and O–H groups in total. The van der Waals surface area contributed by atoms with E-state index < -0.39 is 34.8 Å². The Bertz CT molecular complexity index is 5420. The number of rotatable bonds is 24. The molecule has 1 aliphatic heterocycles. The van der Waals surface area contributed by atoms with Crippen molar-refractivity contribution >= 4 is 55.7 Å². The molecule has 4 heterocycles. The van der Waals surface area contributed by atoms with Gasteiger partial charge < -0.3 is 33.1 Å². The number of benzene rings is 9. The van der Waals surface area contributed by atoms with Crippen LogP contribution in [0.3, 0.4) is 0 Å². The lowest BCUT2D eigenvalue weighted by Crippen LogP contribution is -2.33. The van der Waals surface area contributed by atoms with Crippen LogP contribution >= 0.6 is 31.9 Å². The van der Waals surface area contributed by atoms with E-state index in [1.54, 1.807) is 88.9 Å². The fourth-order valence-electron chi connectivity index (χ4n) is 11.8. The summed E-state index contributed by atoms with van der Waals surface area (Å²) in [5.41, 5.74) is 9.08. The van der Waals surface area contributed by atoms with Gasteiger partial charge in [-0.15, -0.1) is 30.6 Å². The molecule has 0 saturated heterocycles. The summed E-state index contributed by atoms with van der Waals surface area (Å²) in [6, 6.07) is 59.2. The van der Waals surface area contributed by atoms with Gasteiger partial charge in [-0.25, -0.2) is 26.3 Å². The molecule has 3 amide bonds. The summed E-state index contributed by atoms with van der Waals surface area (Å²) in [5.74, 6) is -4.60. The van der Waals surface area contributed by atoms with E-state index in [1.165, 1.54) is 35.5 Å². The highest BCUT2D eigenvalue weighted by Crippen LogP contribution is 2.31. The maximum Gasteiger partial charge on any atom is 0.270 e. The number of carbonyl (C=O) groups is 3. The Morgan fingerprint density at radius 3 is 1.55 bits per heavy atom. The molecule has 0 bridgehead atoms. The Labute approximate surface area is 646 Å². The molecule has 0 unspecified atom stereocenters. The number of nitriles is 3. The van der Waals surface area contributed by atoms with E-state index in [2.05, 4.69) is 86.7 Å². The Hall–Kier alpha value is -12.6. The van der Waals surface area contributed by atoms with Gasteiger partial charge in [-0.1, -0.05) is 105 Å². The van der Waals surface area contributed by atoms with Crippen molar-refractivity contribution in [2.45, 2.75) is 85.0 Å². The van der Waals surface area contributed by atoms with Crippen molar-refractivity contribution in [2.75, 3.05) is 13.2 Å². The fraction of sp³-hybridized carbons (Fsp3) is 0.181. The SMILES string of the molecule is CC(F)(F)c1cc(F)cc(/C=C/C(=O)N(Cc2ccc(F)cc2F)Cc2nncn2Cc2ccc(C#N)cc2)c1.Cc1cc(F)ccc1CN(Cc1nncn1Cc1ccc(C#N)cc1)C(=O)c1cccc(Br)c1.N#Cc1ccc(Cn2cnnc2CN(CCc2ccc(Br)cc2)C(=O)c2ccc3c(c2)OCC3)cc1. The summed E-state index contributed by atoms with van der Waals surface area (Å²) in [6.45, 7) is 5.43. The number of alkyl halides is 2. The number of fused-ring (bicyclic) bond motifs is 1. The van der Waals surface area contributed by atoms with Crippen LogP contribution in [0.25, 0.3) is 6.08 Å². The second kappa shape index (κ2) is 36.8. The number of hydrogen-bond donors (Lipinski definition) is 0. The molecular formula is C83H67Br2F6N15O4. The van der Waals surface area contributed by atoms with Gasteiger partial charge in [-0.05, 0) is 179 Å². The summed E-state index contributed by atoms with van der Waals surface area (Å²) in [5, 5.41) is 51.8. The molecule has 0 aliphatic carbocycles. The van der Waals surface area contributed by atoms with Gasteiger partial charge in [-0.2, -0.15) is 15.8 Å². The smallest absolute Gasteiger partial charge is 0.270 e. The third-order valence-corrected chi connectivity index (χ3v) is 18.8. The van der Waals surface area contributed by atoms with Crippen molar-refractivity contribution in [3.8, 4) is 24.0 Å². The number of ether oxygens (including phenoxy) is 1. The molecule has 0 radical (unpaired) electrons. The normalized spacial score (nSPS) is 11.4. The molecule has 12 aromatic rings. The average Bonchev–Trinajstić information content (AvgIpc) is 1.57. The topological polar surface area (TPSA) is 234 Å². The van der Waals surface area contributed by atoms with E-state index in [0.29, 0.717) is 117 Å². The van der Waals surface area contributed by atoms with Crippen LogP contribution < -0.4 is 4.74 Å². The molecule has 13 rings (SSSR count). The number of halogens is 8. The van der Waals surface area contributed by atoms with Crippen molar-refractivity contribution < 1.29 is 45.5 Å². The van der Waals surface area contributed by atoms with Crippen LogP contribution in [0.2, 0.25) is 0 Å². The Balaban J connectivity index is 0.000000164. The first-order chi connectivity index (χ1) is 53.0. The molecule has 9 aromatic carbocycles. The van der Waals surface area contributed by atoms with Gasteiger partial charge in [0.1, 0.15) is 48.0 Å². The fourth-order valence-corrected chi connectivity index (χ4v) is 12.4. The number of amides is 3. The largest absolute Gasteiger partial charge is 0.493 e. The lowest BCUT2D eigenvalue weighted by Gasteiger charge is -2.24. The maximum atomic E-state index is 14.5. The van der Waals surface area contributed by atoms with Crippen molar-refractivity contribution in [2.24, 2.45) is 0 Å². The highest BCUT2D eigenvalue weighted by atomic mass is 79.9. The van der Waals surface area contributed by atoms with E-state index in [1.807, 2.05) is 93.8 Å². The summed E-state index contributed by atoms with van der Waals surface area (Å²) in [4.78, 5) is 45.1. The van der Waals surface area contributed by atoms with Gasteiger partial charge in [0.05, 0.1) is 80.8 Å². The first kappa shape index (κ1) is 78.4. The van der Waals surface area contributed by atoms with Crippen molar-refractivity contribution in [1.82, 2.24) is 59.0 Å². The zero-order valence-corrected chi connectivity index (χ0v) is 62.4. The zero-order chi connectivity index (χ0) is 77.8. The predicted octanol–water partition coefficient (Wildman–Crippen LogP) is 16.0. The number of hydrogen-bond acceptors (Lipinski definition) is 13. The molecule has 554 valence electrons. The molecule has 3 aromatic heterocycles. The predicted molar refractivity (Wildman–Crippen MR) is 404 cm³/mol. The lowest BCUT2D eigenvalue weighted by atomic mass is 10.1. The average molecular weight is 1610 g/mol. The van der Waals surface area contributed by atoms with Crippen LogP contribution in [0.4, 0.5) is 26.3 Å². The molecule has 0 saturated carbocycles. The van der Waals surface area contributed by atoms with E-state index >= 15 is 0 Å². The summed E-state index contributed by atoms with van der Waals surface area (Å²) in [6.07, 6.45) is 8.56. The summed E-state index contributed by atoms with van der Waals surface area (Å²) >= 11 is 6.90. The van der Waals surface area contributed by atoms with Gasteiger partial charge in [-0.3, -0.25) is 14.4 Å². The van der Waals surface area contributed by atoms with Crippen LogP contribution in [0, 0.1) is 64.2 Å². The van der Waals surface area contributed by atoms with Gasteiger partial charge in [0.15, 0.2) is 17.5 Å². The number of aromatic nitrogens is 9. The third-order valence-electron chi connectivity index (χ3n) is 17.8. The van der Waals surface area contributed by atoms with Crippen LogP contribution in [0.1, 0.15) is 117 Å². The Morgan fingerprint density at radius 2 is 1.03 bits per heavy atom. The first-order valence-electron chi connectivity index (χ1n) is 34.3. The standard InChI is InChI=1S/C29H22F5N5O.C28H24BrN5O2.C26H21BrFN5O/c1-29(33,34)23-10-21(11-25(31)12-23)6-9-28(40)38(16-22-7-8-24(30)13-26(22)32)17-27-37-36-18-39(27)15-20-4-2-19(14-35)3-5-20;29-25-9-5-20(6-10-25)11-13-33(28(35)24-8-7-23-12-14-36-26(23)15-24)18-27-32-31-19-34(27)17-22-3-1-21(16-30)2-4-22;1-18-11-24(28)10-9-22(18)15-32(26(34)21-3-2-4-23(27)12-21)16-25-31-30-17-33(25)14-20-7-5-19(13-29)6-8-20/h2-13,18H,15-17H2,1H3;1-10,15,19H,11-14,17-18H2;2-12,17H,14-16H2,1H3/b9-6+;;. The maximum absolute atomic E-state index is 14.5. The van der Waals surface area contributed by atoms with Gasteiger partial charge in [0, 0.05) is 76.3 Å². The molecular weight excluding hydrogens is 1540 g/mol. The van der Waals surface area contributed by atoms with Crippen LogP contribution in [-0.4, -0.2) is 89.9 Å². The molecule has 1 aliphatic rings. The number of aryl methyl sites for hydroxylation is 1. The summed E-state index contributed by atoms with van der Waals surface area (Å²) in [7, 11) is 0. The lowest BCUT2D eigenvalue weighted by molar-refractivity contribution is -0.127. The minimum Gasteiger partial charge on any atom is -0.493 e. The van der Waals surface area contributed by atoms with Gasteiger partial charge in [0.2, 0.25) is 5.91 Å². The van der Waals surface area contributed by atoms with E-state index in [9.17, 15) is 40.7 Å². The van der Waals surface area contributed by atoms with E-state index in [0.717, 1.165) is 84.3 Å². The second-order valence-corrected chi connectivity index (χ2v) is 27.6.